The number of esters is 1. The molecule has 0 aliphatic heterocycles. The Hall–Kier alpha value is -1.10. The second-order valence-electron chi connectivity index (χ2n) is 2.04. The maximum atomic E-state index is 11.0. The number of nitrogens with zero attached hydrogens (tertiary/aromatic N) is 1. The van der Waals surface area contributed by atoms with Gasteiger partial charge in [-0.1, -0.05) is 6.92 Å². The third-order valence-electron chi connectivity index (χ3n) is 1.30. The molecule has 5 nitrogen and oxygen atoms in total. The molecule has 5 heteroatoms. The molecule has 0 saturated heterocycles. The SMILES string of the molecule is CCC(=O)N(CC(=O)OC)OC. The molecule has 0 bridgehead atoms. The predicted octanol–water partition coefficient (Wildman–Crippen LogP) is -0.0406. The molecule has 0 fully saturated rings. The first kappa shape index (κ1) is 10.9. The van der Waals surface area contributed by atoms with Gasteiger partial charge in [0, 0.05) is 6.42 Å². The minimum Gasteiger partial charge on any atom is -0.468 e. The topological polar surface area (TPSA) is 55.8 Å². The van der Waals surface area contributed by atoms with Crippen LogP contribution < -0.4 is 0 Å². The molecule has 0 saturated carbocycles. The van der Waals surface area contributed by atoms with E-state index in [2.05, 4.69) is 9.57 Å². The maximum Gasteiger partial charge on any atom is 0.328 e. The van der Waals surface area contributed by atoms with Crippen LogP contribution in [0.2, 0.25) is 0 Å². The van der Waals surface area contributed by atoms with E-state index in [-0.39, 0.29) is 12.5 Å². The molecule has 0 heterocycles. The number of ether oxygens (including phenoxy) is 1. The molecule has 12 heavy (non-hydrogen) atoms. The molecule has 0 N–H and O–H groups in total. The Bertz CT molecular complexity index is 169. The summed E-state index contributed by atoms with van der Waals surface area (Å²) in [5, 5.41) is 0.964. The van der Waals surface area contributed by atoms with Crippen molar-refractivity contribution in [2.75, 3.05) is 20.8 Å². The Kier molecular flexibility index (Phi) is 5.03. The Morgan fingerprint density at radius 2 is 1.92 bits per heavy atom. The van der Waals surface area contributed by atoms with Gasteiger partial charge in [0.1, 0.15) is 6.54 Å². The lowest BCUT2D eigenvalue weighted by Gasteiger charge is -2.16. The second-order valence-corrected chi connectivity index (χ2v) is 2.04. The maximum absolute atomic E-state index is 11.0. The largest absolute Gasteiger partial charge is 0.468 e. The molecule has 0 aromatic heterocycles. The Balaban J connectivity index is 3.99. The summed E-state index contributed by atoms with van der Waals surface area (Å²) in [7, 11) is 2.59. The lowest BCUT2D eigenvalue weighted by atomic mass is 10.4. The molecule has 1 amide bonds. The van der Waals surface area contributed by atoms with E-state index in [0.717, 1.165) is 5.06 Å². The molecule has 0 rings (SSSR count). The van der Waals surface area contributed by atoms with E-state index >= 15 is 0 Å². The van der Waals surface area contributed by atoms with Gasteiger partial charge in [0.2, 0.25) is 5.91 Å². The normalized spacial score (nSPS) is 9.25. The average Bonchev–Trinajstić information content (AvgIpc) is 2.12. The second kappa shape index (κ2) is 5.54. The van der Waals surface area contributed by atoms with Crippen molar-refractivity contribution in [3.05, 3.63) is 0 Å². The third-order valence-corrected chi connectivity index (χ3v) is 1.30. The quantitative estimate of drug-likeness (QED) is 0.444. The molecule has 70 valence electrons. The zero-order valence-corrected chi connectivity index (χ0v) is 7.49. The van der Waals surface area contributed by atoms with Crippen molar-refractivity contribution < 1.29 is 19.2 Å². The van der Waals surface area contributed by atoms with E-state index in [9.17, 15) is 9.59 Å². The van der Waals surface area contributed by atoms with Crippen LogP contribution in [-0.2, 0) is 19.2 Å². The van der Waals surface area contributed by atoms with E-state index in [1.807, 2.05) is 0 Å². The van der Waals surface area contributed by atoms with Crippen LogP contribution in [0.4, 0.5) is 0 Å². The number of methoxy groups -OCH3 is 1. The standard InChI is InChI=1S/C7H13NO4/c1-4-6(9)8(12-3)5-7(10)11-2/h4-5H2,1-3H3. The summed E-state index contributed by atoms with van der Waals surface area (Å²) in [6.45, 7) is 1.52. The molecule has 0 unspecified atom stereocenters. The number of carbonyl (C=O) groups excluding carboxylic acids is 2. The average molecular weight is 175 g/mol. The summed E-state index contributed by atoms with van der Waals surface area (Å²) in [5.74, 6) is -0.749. The van der Waals surface area contributed by atoms with Gasteiger partial charge in [-0.05, 0) is 0 Å². The monoisotopic (exact) mass is 175 g/mol. The minimum atomic E-state index is -0.501. The molecular weight excluding hydrogens is 162 g/mol. The number of amides is 1. The molecule has 0 atom stereocenters. The van der Waals surface area contributed by atoms with E-state index in [1.165, 1.54) is 14.2 Å². The highest BCUT2D eigenvalue weighted by atomic mass is 16.7. The number of rotatable bonds is 4. The van der Waals surface area contributed by atoms with Crippen molar-refractivity contribution in [3.63, 3.8) is 0 Å². The van der Waals surface area contributed by atoms with Gasteiger partial charge in [0.05, 0.1) is 14.2 Å². The van der Waals surface area contributed by atoms with Gasteiger partial charge in [-0.3, -0.25) is 14.4 Å². The van der Waals surface area contributed by atoms with Gasteiger partial charge in [-0.25, -0.2) is 5.06 Å². The number of hydrogen-bond acceptors (Lipinski definition) is 4. The van der Waals surface area contributed by atoms with Gasteiger partial charge in [0.25, 0.3) is 0 Å². The minimum absolute atomic E-state index is 0.167. The van der Waals surface area contributed by atoms with E-state index < -0.39 is 5.97 Å². The highest BCUT2D eigenvalue weighted by Gasteiger charge is 2.14. The summed E-state index contributed by atoms with van der Waals surface area (Å²) >= 11 is 0. The summed E-state index contributed by atoms with van der Waals surface area (Å²) in [4.78, 5) is 26.4. The molecule has 0 aromatic rings. The van der Waals surface area contributed by atoms with Crippen LogP contribution in [0.25, 0.3) is 0 Å². The number of carbonyl (C=O) groups is 2. The molecule has 0 radical (unpaired) electrons. The smallest absolute Gasteiger partial charge is 0.328 e. The molecular formula is C7H13NO4. The van der Waals surface area contributed by atoms with Crippen LogP contribution in [0.1, 0.15) is 13.3 Å². The summed E-state index contributed by atoms with van der Waals surface area (Å²) in [6, 6.07) is 0. The van der Waals surface area contributed by atoms with E-state index in [4.69, 9.17) is 0 Å². The first-order chi connectivity index (χ1) is 5.65. The third kappa shape index (κ3) is 3.34. The van der Waals surface area contributed by atoms with Crippen LogP contribution in [-0.4, -0.2) is 37.7 Å². The van der Waals surface area contributed by atoms with Crippen LogP contribution in [0.5, 0.6) is 0 Å². The fourth-order valence-corrected chi connectivity index (χ4v) is 0.613. The molecule has 0 aromatic carbocycles. The molecule has 0 aliphatic carbocycles. The zero-order chi connectivity index (χ0) is 9.56. The summed E-state index contributed by atoms with van der Waals surface area (Å²) < 4.78 is 4.36. The van der Waals surface area contributed by atoms with Gasteiger partial charge >= 0.3 is 5.97 Å². The van der Waals surface area contributed by atoms with Crippen LogP contribution in [0.15, 0.2) is 0 Å². The predicted molar refractivity (Wildman–Crippen MR) is 41.0 cm³/mol. The van der Waals surface area contributed by atoms with Gasteiger partial charge in [-0.15, -0.1) is 0 Å². The Morgan fingerprint density at radius 1 is 1.33 bits per heavy atom. The number of hydroxylamine groups is 2. The van der Waals surface area contributed by atoms with E-state index in [0.29, 0.717) is 6.42 Å². The lowest BCUT2D eigenvalue weighted by Crippen LogP contribution is -2.34. The summed E-state index contributed by atoms with van der Waals surface area (Å²) in [6.07, 6.45) is 0.296. The van der Waals surface area contributed by atoms with Crippen molar-refractivity contribution in [2.24, 2.45) is 0 Å². The Morgan fingerprint density at radius 3 is 2.25 bits per heavy atom. The van der Waals surface area contributed by atoms with Gasteiger partial charge < -0.3 is 4.74 Å². The molecule has 0 aliphatic rings. The van der Waals surface area contributed by atoms with Crippen LogP contribution in [0, 0.1) is 0 Å². The van der Waals surface area contributed by atoms with Crippen molar-refractivity contribution >= 4 is 11.9 Å². The fourth-order valence-electron chi connectivity index (χ4n) is 0.613. The first-order valence-electron chi connectivity index (χ1n) is 3.57. The van der Waals surface area contributed by atoms with Gasteiger partial charge in [0.15, 0.2) is 0 Å². The lowest BCUT2D eigenvalue weighted by molar-refractivity contribution is -0.183. The highest BCUT2D eigenvalue weighted by Crippen LogP contribution is 1.94. The van der Waals surface area contributed by atoms with Crippen molar-refractivity contribution in [3.8, 4) is 0 Å². The van der Waals surface area contributed by atoms with Crippen molar-refractivity contribution in [1.82, 2.24) is 5.06 Å². The fraction of sp³-hybridized carbons (Fsp3) is 0.714. The Labute approximate surface area is 71.2 Å². The number of hydrogen-bond donors (Lipinski definition) is 0. The molecule has 0 spiro atoms. The highest BCUT2D eigenvalue weighted by molar-refractivity contribution is 5.80. The van der Waals surface area contributed by atoms with E-state index in [1.54, 1.807) is 6.92 Å². The van der Waals surface area contributed by atoms with Gasteiger partial charge in [-0.2, -0.15) is 0 Å². The van der Waals surface area contributed by atoms with Crippen molar-refractivity contribution in [1.29, 1.82) is 0 Å². The summed E-state index contributed by atoms with van der Waals surface area (Å²) in [5.41, 5.74) is 0. The van der Waals surface area contributed by atoms with Crippen molar-refractivity contribution in [2.45, 2.75) is 13.3 Å². The van der Waals surface area contributed by atoms with Crippen LogP contribution >= 0.6 is 0 Å². The zero-order valence-electron chi connectivity index (χ0n) is 7.49. The van der Waals surface area contributed by atoms with Crippen LogP contribution in [0.3, 0.4) is 0 Å². The first-order valence-corrected chi connectivity index (χ1v) is 3.57.